The normalized spacial score (nSPS) is 20.8. The van der Waals surface area contributed by atoms with Gasteiger partial charge in [0.1, 0.15) is 11.6 Å². The van der Waals surface area contributed by atoms with Crippen molar-refractivity contribution in [2.45, 2.75) is 25.7 Å². The molecular weight excluding hydrogens is 400 g/mol. The van der Waals surface area contributed by atoms with Crippen molar-refractivity contribution in [3.8, 4) is 0 Å². The molecule has 29 heavy (non-hydrogen) atoms. The van der Waals surface area contributed by atoms with Crippen LogP contribution < -0.4 is 0 Å². The van der Waals surface area contributed by atoms with Gasteiger partial charge in [-0.1, -0.05) is 19.1 Å². The number of sulfonamides is 1. The average Bonchev–Trinajstić information content (AvgIpc) is 2.85. The summed E-state index contributed by atoms with van der Waals surface area (Å²) in [5.74, 6) is -3.44. The minimum absolute atomic E-state index is 0.0489. The first-order chi connectivity index (χ1) is 13.5. The predicted octanol–water partition coefficient (Wildman–Crippen LogP) is 1.55. The first-order valence-corrected chi connectivity index (χ1v) is 10.1. The van der Waals surface area contributed by atoms with Gasteiger partial charge >= 0.3 is 11.9 Å². The number of aliphatic carboxylic acids is 1. The van der Waals surface area contributed by atoms with Crippen molar-refractivity contribution in [3.05, 3.63) is 52.4 Å². The van der Waals surface area contributed by atoms with Gasteiger partial charge < -0.3 is 14.7 Å². The second kappa shape index (κ2) is 7.03. The van der Waals surface area contributed by atoms with Gasteiger partial charge in [-0.2, -0.15) is 0 Å². The minimum Gasteiger partial charge on any atom is -0.478 e. The van der Waals surface area contributed by atoms with Crippen LogP contribution in [0.2, 0.25) is 0 Å². The van der Waals surface area contributed by atoms with Crippen LogP contribution in [0.4, 0.5) is 0 Å². The van der Waals surface area contributed by atoms with Gasteiger partial charge in [0.15, 0.2) is 0 Å². The Balaban J connectivity index is 2.12. The Hall–Kier alpha value is -3.14. The zero-order valence-electron chi connectivity index (χ0n) is 16.3. The Morgan fingerprint density at radius 3 is 2.28 bits per heavy atom. The Morgan fingerprint density at radius 2 is 1.72 bits per heavy atom. The van der Waals surface area contributed by atoms with Crippen LogP contribution in [0.15, 0.2) is 51.7 Å². The van der Waals surface area contributed by atoms with Gasteiger partial charge in [0.05, 0.1) is 23.8 Å². The number of carbonyl (C=O) groups is 3. The molecule has 1 amide bonds. The maximum atomic E-state index is 12.9. The molecule has 1 aromatic rings. The largest absolute Gasteiger partial charge is 0.478 e. The summed E-state index contributed by atoms with van der Waals surface area (Å²) in [5, 5.41) is 9.65. The molecule has 0 saturated carbocycles. The summed E-state index contributed by atoms with van der Waals surface area (Å²) in [6.07, 6.45) is 0. The highest BCUT2D eigenvalue weighted by molar-refractivity contribution is 7.90. The third-order valence-corrected chi connectivity index (χ3v) is 7.05. The highest BCUT2D eigenvalue weighted by atomic mass is 32.2. The Kier molecular flexibility index (Phi) is 4.99. The summed E-state index contributed by atoms with van der Waals surface area (Å²) in [5.41, 5.74) is 0.641. The van der Waals surface area contributed by atoms with E-state index in [1.807, 2.05) is 0 Å². The van der Waals surface area contributed by atoms with E-state index in [1.165, 1.54) is 37.1 Å². The first kappa shape index (κ1) is 20.6. The van der Waals surface area contributed by atoms with Crippen molar-refractivity contribution >= 4 is 27.9 Å². The third kappa shape index (κ3) is 3.00. The summed E-state index contributed by atoms with van der Waals surface area (Å²) in [6.45, 7) is 4.17. The van der Waals surface area contributed by atoms with Crippen LogP contribution >= 0.6 is 0 Å². The second-order valence-electron chi connectivity index (χ2n) is 6.74. The van der Waals surface area contributed by atoms with Gasteiger partial charge in [0.2, 0.25) is 0 Å². The number of esters is 1. The maximum Gasteiger partial charge on any atom is 0.336 e. The van der Waals surface area contributed by atoms with Crippen molar-refractivity contribution < 1.29 is 32.6 Å². The number of ether oxygens (including phenoxy) is 1. The van der Waals surface area contributed by atoms with Gasteiger partial charge in [0.25, 0.3) is 15.9 Å². The van der Waals surface area contributed by atoms with E-state index in [9.17, 15) is 27.9 Å². The Morgan fingerprint density at radius 1 is 1.14 bits per heavy atom. The number of carboxylic acids is 1. The molecule has 0 aliphatic carbocycles. The number of fused-ring (bicyclic) bond motifs is 1. The fourth-order valence-corrected chi connectivity index (χ4v) is 5.30. The molecule has 0 spiro atoms. The van der Waals surface area contributed by atoms with Crippen LogP contribution in [-0.2, 0) is 24.3 Å². The highest BCUT2D eigenvalue weighted by Crippen LogP contribution is 2.38. The molecule has 0 saturated heterocycles. The quantitative estimate of drug-likeness (QED) is 0.728. The molecule has 9 nitrogen and oxygen atoms in total. The monoisotopic (exact) mass is 420 g/mol. The lowest BCUT2D eigenvalue weighted by atomic mass is 9.86. The van der Waals surface area contributed by atoms with E-state index >= 15 is 0 Å². The van der Waals surface area contributed by atoms with Crippen LogP contribution in [0, 0.1) is 5.92 Å². The van der Waals surface area contributed by atoms with Crippen molar-refractivity contribution in [3.63, 3.8) is 0 Å². The van der Waals surface area contributed by atoms with E-state index in [0.717, 1.165) is 0 Å². The number of rotatable bonds is 4. The molecule has 2 aliphatic heterocycles. The van der Waals surface area contributed by atoms with E-state index < -0.39 is 40.5 Å². The summed E-state index contributed by atoms with van der Waals surface area (Å²) in [7, 11) is -2.93. The van der Waals surface area contributed by atoms with E-state index in [2.05, 4.69) is 0 Å². The van der Waals surface area contributed by atoms with E-state index in [1.54, 1.807) is 19.9 Å². The number of amides is 1. The number of methoxy groups -OCH3 is 1. The number of carboxylic acid groups (broad SMARTS) is 1. The zero-order valence-corrected chi connectivity index (χ0v) is 17.1. The van der Waals surface area contributed by atoms with Gasteiger partial charge in [-0.3, -0.25) is 4.79 Å². The topological polar surface area (TPSA) is 121 Å². The minimum atomic E-state index is -4.10. The van der Waals surface area contributed by atoms with Crippen LogP contribution in [-0.4, -0.2) is 54.4 Å². The van der Waals surface area contributed by atoms with Crippen LogP contribution in [0.25, 0.3) is 0 Å². The maximum absolute atomic E-state index is 12.9. The second-order valence-corrected chi connectivity index (χ2v) is 8.57. The van der Waals surface area contributed by atoms with Crippen LogP contribution in [0.3, 0.4) is 0 Å². The van der Waals surface area contributed by atoms with Crippen molar-refractivity contribution in [2.75, 3.05) is 13.8 Å². The van der Waals surface area contributed by atoms with Crippen LogP contribution in [0.1, 0.15) is 31.1 Å². The van der Waals surface area contributed by atoms with E-state index in [0.29, 0.717) is 10.0 Å². The predicted molar refractivity (Wildman–Crippen MR) is 101 cm³/mol. The summed E-state index contributed by atoms with van der Waals surface area (Å²) >= 11 is 0. The molecular formula is C19H20N2O7S. The van der Waals surface area contributed by atoms with Crippen molar-refractivity contribution in [1.29, 1.82) is 0 Å². The summed E-state index contributed by atoms with van der Waals surface area (Å²) in [4.78, 5) is 38.1. The lowest BCUT2D eigenvalue weighted by Gasteiger charge is -2.37. The molecule has 1 N–H and O–H groups in total. The molecule has 1 aromatic carbocycles. The Labute approximate surface area is 167 Å². The molecule has 2 aliphatic rings. The smallest absolute Gasteiger partial charge is 0.336 e. The van der Waals surface area contributed by atoms with Gasteiger partial charge in [0, 0.05) is 17.3 Å². The standard InChI is InChI=1S/C19H20N2O7S/c1-10-15(18(23)24)11(2)20(12(3)16(10)19(25)28-4)9-21-17(22)13-7-5-6-8-14(13)29(21,26)27/h5-8,10H,9H2,1-4H3,(H,23,24). The molecule has 10 heteroatoms. The number of allylic oxidation sites excluding steroid dienone is 2. The molecule has 0 radical (unpaired) electrons. The molecule has 3 rings (SSSR count). The average molecular weight is 420 g/mol. The van der Waals surface area contributed by atoms with Gasteiger partial charge in [-0.15, -0.1) is 0 Å². The molecule has 0 fully saturated rings. The number of hydrogen-bond acceptors (Lipinski definition) is 7. The number of nitrogens with zero attached hydrogens (tertiary/aromatic N) is 2. The summed E-state index contributed by atoms with van der Waals surface area (Å²) in [6, 6.07) is 5.84. The number of benzene rings is 1. The molecule has 2 heterocycles. The Bertz CT molecular complexity index is 1100. The zero-order chi connectivity index (χ0) is 21.7. The lowest BCUT2D eigenvalue weighted by molar-refractivity contribution is -0.137. The molecule has 1 atom stereocenters. The van der Waals surface area contributed by atoms with Crippen molar-refractivity contribution in [2.24, 2.45) is 5.92 Å². The molecule has 0 aromatic heterocycles. The highest BCUT2D eigenvalue weighted by Gasteiger charge is 2.44. The van der Waals surface area contributed by atoms with E-state index in [4.69, 9.17) is 4.74 Å². The fourth-order valence-electron chi connectivity index (χ4n) is 3.80. The molecule has 0 bridgehead atoms. The van der Waals surface area contributed by atoms with Gasteiger partial charge in [-0.25, -0.2) is 22.3 Å². The van der Waals surface area contributed by atoms with Crippen LogP contribution in [0.5, 0.6) is 0 Å². The molecule has 1 unspecified atom stereocenters. The first-order valence-electron chi connectivity index (χ1n) is 8.70. The molecule has 154 valence electrons. The lowest BCUT2D eigenvalue weighted by Crippen LogP contribution is -2.43. The number of carbonyl (C=O) groups excluding carboxylic acids is 2. The van der Waals surface area contributed by atoms with E-state index in [-0.39, 0.29) is 27.3 Å². The van der Waals surface area contributed by atoms with Gasteiger partial charge in [-0.05, 0) is 26.0 Å². The van der Waals surface area contributed by atoms with Crippen molar-refractivity contribution in [1.82, 2.24) is 9.21 Å². The third-order valence-electron chi connectivity index (χ3n) is 5.27. The fraction of sp³-hybridized carbons (Fsp3) is 0.316. The summed E-state index contributed by atoms with van der Waals surface area (Å²) < 4.78 is 31.2. The SMILES string of the molecule is COC(=O)C1=C(C)N(CN2C(=O)c3ccccc3S2(=O)=O)C(C)=C(C(=O)O)C1C. The number of hydrogen-bond donors (Lipinski definition) is 1.